The van der Waals surface area contributed by atoms with Crippen molar-refractivity contribution in [3.05, 3.63) is 41.7 Å². The zero-order valence-corrected chi connectivity index (χ0v) is 12.2. The number of sulfone groups is 1. The van der Waals surface area contributed by atoms with Crippen LogP contribution in [0.4, 0.5) is 0 Å². The zero-order valence-electron chi connectivity index (χ0n) is 10.6. The van der Waals surface area contributed by atoms with Gasteiger partial charge in [0.2, 0.25) is 0 Å². The van der Waals surface area contributed by atoms with Crippen molar-refractivity contribution in [3.63, 3.8) is 0 Å². The van der Waals surface area contributed by atoms with Crippen molar-refractivity contribution in [2.24, 2.45) is 0 Å². The molecular formula is C13H17ClN2O2S. The van der Waals surface area contributed by atoms with Gasteiger partial charge in [-0.1, -0.05) is 23.7 Å². The number of rotatable bonds is 5. The number of hydrogen-bond donors (Lipinski definition) is 0. The Morgan fingerprint density at radius 3 is 2.84 bits per heavy atom. The molecule has 1 atom stereocenters. The smallest absolute Gasteiger partial charge is 0.151 e. The van der Waals surface area contributed by atoms with E-state index in [9.17, 15) is 8.42 Å². The highest BCUT2D eigenvalue weighted by Crippen LogP contribution is 2.20. The summed E-state index contributed by atoms with van der Waals surface area (Å²) in [5.74, 6) is 0.520. The number of halogens is 1. The number of pyridine rings is 1. The molecule has 0 saturated carbocycles. The van der Waals surface area contributed by atoms with Crippen LogP contribution in [0.3, 0.4) is 0 Å². The molecule has 0 N–H and O–H groups in total. The summed E-state index contributed by atoms with van der Waals surface area (Å²) in [5, 5.41) is 0.461. The molecule has 4 nitrogen and oxygen atoms in total. The third-order valence-corrected chi connectivity index (χ3v) is 5.24. The lowest BCUT2D eigenvalue weighted by atomic mass is 10.2. The first-order valence-corrected chi connectivity index (χ1v) is 8.36. The molecule has 0 radical (unpaired) electrons. The third kappa shape index (κ3) is 4.03. The standard InChI is InChI=1S/C13H17ClN2O2S/c1-2-6-16(12-5-7-19(17,18)10-12)9-11-3-4-13(14)15-8-11/h2-4,8,12H,1,5-7,9-10H2/t12-/m1/s1. The quantitative estimate of drug-likeness (QED) is 0.616. The summed E-state index contributed by atoms with van der Waals surface area (Å²) < 4.78 is 23.1. The minimum atomic E-state index is -2.87. The SMILES string of the molecule is C=CCN(Cc1ccc(Cl)nc1)[C@@H]1CCS(=O)(=O)C1. The van der Waals surface area contributed by atoms with Gasteiger partial charge in [0, 0.05) is 25.3 Å². The van der Waals surface area contributed by atoms with Crippen molar-refractivity contribution in [3.8, 4) is 0 Å². The van der Waals surface area contributed by atoms with Crippen molar-refractivity contribution >= 4 is 21.4 Å². The van der Waals surface area contributed by atoms with Crippen LogP contribution in [0.25, 0.3) is 0 Å². The van der Waals surface area contributed by atoms with Gasteiger partial charge in [-0.2, -0.15) is 0 Å². The van der Waals surface area contributed by atoms with Crippen molar-refractivity contribution in [2.75, 3.05) is 18.1 Å². The van der Waals surface area contributed by atoms with Crippen LogP contribution in [0.1, 0.15) is 12.0 Å². The molecule has 0 bridgehead atoms. The molecule has 0 aliphatic carbocycles. The summed E-state index contributed by atoms with van der Waals surface area (Å²) in [4.78, 5) is 6.17. The molecule has 0 unspecified atom stereocenters. The van der Waals surface area contributed by atoms with Crippen LogP contribution in [-0.2, 0) is 16.4 Å². The Hall–Kier alpha value is -0.910. The van der Waals surface area contributed by atoms with Crippen LogP contribution in [0, 0.1) is 0 Å². The highest BCUT2D eigenvalue weighted by atomic mass is 35.5. The zero-order chi connectivity index (χ0) is 13.9. The van der Waals surface area contributed by atoms with Gasteiger partial charge in [0.15, 0.2) is 9.84 Å². The monoisotopic (exact) mass is 300 g/mol. The maximum atomic E-state index is 11.6. The van der Waals surface area contributed by atoms with Gasteiger partial charge in [0.25, 0.3) is 0 Å². The van der Waals surface area contributed by atoms with Crippen LogP contribution in [0.5, 0.6) is 0 Å². The van der Waals surface area contributed by atoms with Gasteiger partial charge >= 0.3 is 0 Å². The van der Waals surface area contributed by atoms with Gasteiger partial charge in [0.05, 0.1) is 11.5 Å². The summed E-state index contributed by atoms with van der Waals surface area (Å²) >= 11 is 5.75. The molecule has 1 saturated heterocycles. The Morgan fingerprint density at radius 2 is 2.32 bits per heavy atom. The highest BCUT2D eigenvalue weighted by Gasteiger charge is 2.31. The van der Waals surface area contributed by atoms with E-state index in [4.69, 9.17) is 11.6 Å². The molecule has 1 aromatic rings. The average Bonchev–Trinajstić information content (AvgIpc) is 2.72. The summed E-state index contributed by atoms with van der Waals surface area (Å²) in [5.41, 5.74) is 1.02. The van der Waals surface area contributed by atoms with E-state index in [2.05, 4.69) is 16.5 Å². The van der Waals surface area contributed by atoms with Crippen LogP contribution in [0.15, 0.2) is 31.0 Å². The fourth-order valence-electron chi connectivity index (χ4n) is 2.31. The van der Waals surface area contributed by atoms with E-state index >= 15 is 0 Å². The maximum Gasteiger partial charge on any atom is 0.151 e. The first kappa shape index (κ1) is 14.5. The predicted molar refractivity (Wildman–Crippen MR) is 76.9 cm³/mol. The van der Waals surface area contributed by atoms with Crippen molar-refractivity contribution in [1.29, 1.82) is 0 Å². The Morgan fingerprint density at radius 1 is 1.53 bits per heavy atom. The molecule has 1 fully saturated rings. The van der Waals surface area contributed by atoms with Gasteiger partial charge in [-0.3, -0.25) is 4.90 Å². The largest absolute Gasteiger partial charge is 0.291 e. The second-order valence-corrected chi connectivity index (χ2v) is 7.38. The molecule has 0 spiro atoms. The van der Waals surface area contributed by atoms with Gasteiger partial charge in [-0.15, -0.1) is 6.58 Å². The van der Waals surface area contributed by atoms with Crippen LogP contribution < -0.4 is 0 Å². The van der Waals surface area contributed by atoms with E-state index in [1.54, 1.807) is 18.3 Å². The highest BCUT2D eigenvalue weighted by molar-refractivity contribution is 7.91. The molecular weight excluding hydrogens is 284 g/mol. The molecule has 1 aliphatic rings. The molecule has 6 heteroatoms. The van der Waals surface area contributed by atoms with Crippen molar-refractivity contribution in [2.45, 2.75) is 19.0 Å². The number of nitrogens with zero attached hydrogens (tertiary/aromatic N) is 2. The predicted octanol–water partition coefficient (Wildman–Crippen LogP) is 1.91. The summed E-state index contributed by atoms with van der Waals surface area (Å²) in [7, 11) is -2.87. The lowest BCUT2D eigenvalue weighted by molar-refractivity contribution is 0.226. The molecule has 104 valence electrons. The molecule has 1 aliphatic heterocycles. The van der Waals surface area contributed by atoms with E-state index in [1.165, 1.54) is 0 Å². The van der Waals surface area contributed by atoms with Crippen LogP contribution in [-0.4, -0.2) is 42.4 Å². The van der Waals surface area contributed by atoms with Crippen LogP contribution >= 0.6 is 11.6 Å². The molecule has 2 rings (SSSR count). The number of hydrogen-bond acceptors (Lipinski definition) is 4. The summed E-state index contributed by atoms with van der Waals surface area (Å²) in [6.07, 6.45) is 4.22. The summed E-state index contributed by atoms with van der Waals surface area (Å²) in [6, 6.07) is 3.72. The van der Waals surface area contributed by atoms with Crippen molar-refractivity contribution < 1.29 is 8.42 Å². The Balaban J connectivity index is 2.08. The molecule has 1 aromatic heterocycles. The minimum Gasteiger partial charge on any atom is -0.291 e. The van der Waals surface area contributed by atoms with E-state index < -0.39 is 9.84 Å². The second kappa shape index (κ2) is 6.03. The van der Waals surface area contributed by atoms with Crippen LogP contribution in [0.2, 0.25) is 5.15 Å². The first-order chi connectivity index (χ1) is 9.00. The van der Waals surface area contributed by atoms with E-state index in [1.807, 2.05) is 6.07 Å². The van der Waals surface area contributed by atoms with E-state index in [-0.39, 0.29) is 17.5 Å². The first-order valence-electron chi connectivity index (χ1n) is 6.16. The Bertz CT molecular complexity index is 542. The van der Waals surface area contributed by atoms with Gasteiger partial charge in [-0.25, -0.2) is 13.4 Å². The lowest BCUT2D eigenvalue weighted by Crippen LogP contribution is -2.35. The molecule has 19 heavy (non-hydrogen) atoms. The fraction of sp³-hybridized carbons (Fsp3) is 0.462. The van der Waals surface area contributed by atoms with E-state index in [0.29, 0.717) is 24.7 Å². The number of aromatic nitrogens is 1. The Labute approximate surface area is 119 Å². The minimum absolute atomic E-state index is 0.0682. The van der Waals surface area contributed by atoms with E-state index in [0.717, 1.165) is 5.56 Å². The molecule has 0 amide bonds. The van der Waals surface area contributed by atoms with Gasteiger partial charge < -0.3 is 0 Å². The third-order valence-electron chi connectivity index (χ3n) is 3.26. The average molecular weight is 301 g/mol. The molecule has 2 heterocycles. The second-order valence-electron chi connectivity index (χ2n) is 4.76. The lowest BCUT2D eigenvalue weighted by Gasteiger charge is -2.26. The topological polar surface area (TPSA) is 50.3 Å². The van der Waals surface area contributed by atoms with Crippen molar-refractivity contribution in [1.82, 2.24) is 9.88 Å². The van der Waals surface area contributed by atoms with Gasteiger partial charge in [0.1, 0.15) is 5.15 Å². The Kier molecular flexibility index (Phi) is 4.60. The normalized spacial score (nSPS) is 21.7. The fourth-order valence-corrected chi connectivity index (χ4v) is 4.18. The summed E-state index contributed by atoms with van der Waals surface area (Å²) in [6.45, 7) is 5.07. The molecule has 0 aromatic carbocycles. The van der Waals surface area contributed by atoms with Gasteiger partial charge in [-0.05, 0) is 18.1 Å². The maximum absolute atomic E-state index is 11.6.